The van der Waals surface area contributed by atoms with Crippen LogP contribution in [0, 0.1) is 0 Å². The van der Waals surface area contributed by atoms with Crippen LogP contribution in [-0.2, 0) is 0 Å². The van der Waals surface area contributed by atoms with Crippen molar-refractivity contribution < 1.29 is 9.15 Å². The SMILES string of the molecule is COc1ccc(-c2c/c(=N/Nc3ccc4ccccc4n3)c3ccccc3o2)cc1. The molecule has 0 amide bonds. The number of nitrogens with zero attached hydrogens (tertiary/aromatic N) is 2. The highest BCUT2D eigenvalue weighted by atomic mass is 16.5. The normalized spacial score (nSPS) is 11.7. The van der Waals surface area contributed by atoms with E-state index in [0.29, 0.717) is 5.82 Å². The lowest BCUT2D eigenvalue weighted by Gasteiger charge is -2.06. The summed E-state index contributed by atoms with van der Waals surface area (Å²) in [4.78, 5) is 4.63. The predicted octanol–water partition coefficient (Wildman–Crippen LogP) is 5.58. The van der Waals surface area contributed by atoms with Gasteiger partial charge in [0.25, 0.3) is 0 Å². The van der Waals surface area contributed by atoms with E-state index in [1.54, 1.807) is 7.11 Å². The van der Waals surface area contributed by atoms with Crippen LogP contribution in [0.2, 0.25) is 0 Å². The number of pyridine rings is 1. The minimum absolute atomic E-state index is 0.685. The van der Waals surface area contributed by atoms with Gasteiger partial charge in [0.2, 0.25) is 0 Å². The van der Waals surface area contributed by atoms with Crippen LogP contribution in [0.1, 0.15) is 0 Å². The Bertz CT molecular complexity index is 1410. The number of nitrogens with one attached hydrogen (secondary N) is 1. The molecule has 5 nitrogen and oxygen atoms in total. The Hall–Kier alpha value is -4.12. The maximum Gasteiger partial charge on any atom is 0.146 e. The summed E-state index contributed by atoms with van der Waals surface area (Å²) in [6.45, 7) is 0. The second kappa shape index (κ2) is 7.72. The predicted molar refractivity (Wildman–Crippen MR) is 119 cm³/mol. The molecule has 0 bridgehead atoms. The Labute approximate surface area is 173 Å². The largest absolute Gasteiger partial charge is 0.497 e. The first-order valence-electron chi connectivity index (χ1n) is 9.63. The van der Waals surface area contributed by atoms with Crippen LogP contribution in [0.4, 0.5) is 5.82 Å². The van der Waals surface area contributed by atoms with Crippen LogP contribution >= 0.6 is 0 Å². The number of fused-ring (bicyclic) bond motifs is 2. The number of aromatic nitrogens is 1. The fourth-order valence-electron chi connectivity index (χ4n) is 3.35. The summed E-state index contributed by atoms with van der Waals surface area (Å²) in [6.07, 6.45) is 0. The summed E-state index contributed by atoms with van der Waals surface area (Å²) in [7, 11) is 1.65. The molecular formula is C25H19N3O2. The van der Waals surface area contributed by atoms with Gasteiger partial charge in [-0.25, -0.2) is 4.98 Å². The zero-order valence-corrected chi connectivity index (χ0v) is 16.4. The quantitative estimate of drug-likeness (QED) is 0.405. The molecule has 0 aliphatic carbocycles. The first kappa shape index (κ1) is 17.9. The average molecular weight is 393 g/mol. The van der Waals surface area contributed by atoms with Crippen LogP contribution < -0.4 is 15.5 Å². The van der Waals surface area contributed by atoms with Crippen molar-refractivity contribution in [1.82, 2.24) is 4.98 Å². The Morgan fingerprint density at radius 1 is 0.867 bits per heavy atom. The van der Waals surface area contributed by atoms with E-state index in [4.69, 9.17) is 9.15 Å². The molecule has 0 fully saturated rings. The van der Waals surface area contributed by atoms with Gasteiger partial charge in [0, 0.05) is 22.4 Å². The van der Waals surface area contributed by atoms with Gasteiger partial charge >= 0.3 is 0 Å². The number of anilines is 1. The smallest absolute Gasteiger partial charge is 0.146 e. The highest BCUT2D eigenvalue weighted by Crippen LogP contribution is 2.24. The molecule has 0 aliphatic rings. The third-order valence-corrected chi connectivity index (χ3v) is 4.91. The van der Waals surface area contributed by atoms with Crippen molar-refractivity contribution >= 4 is 27.7 Å². The summed E-state index contributed by atoms with van der Waals surface area (Å²) in [5, 5.41) is 7.42. The van der Waals surface area contributed by atoms with Crippen molar-refractivity contribution in [2.75, 3.05) is 12.5 Å². The van der Waals surface area contributed by atoms with Gasteiger partial charge in [-0.05, 0) is 54.6 Å². The Morgan fingerprint density at radius 2 is 1.67 bits per heavy atom. The molecule has 0 spiro atoms. The summed E-state index contributed by atoms with van der Waals surface area (Å²) >= 11 is 0. The van der Waals surface area contributed by atoms with Crippen molar-refractivity contribution in [3.63, 3.8) is 0 Å². The molecular weight excluding hydrogens is 374 g/mol. The zero-order chi connectivity index (χ0) is 20.3. The highest BCUT2D eigenvalue weighted by Gasteiger charge is 2.06. The maximum atomic E-state index is 6.13. The molecule has 3 aromatic carbocycles. The second-order valence-corrected chi connectivity index (χ2v) is 6.83. The van der Waals surface area contributed by atoms with Gasteiger partial charge < -0.3 is 9.15 Å². The monoisotopic (exact) mass is 393 g/mol. The minimum Gasteiger partial charge on any atom is -0.497 e. The minimum atomic E-state index is 0.685. The summed E-state index contributed by atoms with van der Waals surface area (Å²) in [5.74, 6) is 2.21. The number of methoxy groups -OCH3 is 1. The Morgan fingerprint density at radius 3 is 2.53 bits per heavy atom. The van der Waals surface area contributed by atoms with Crippen molar-refractivity contribution in [3.8, 4) is 17.1 Å². The molecule has 146 valence electrons. The molecule has 0 saturated carbocycles. The fraction of sp³-hybridized carbons (Fsp3) is 0.0400. The standard InChI is InChI=1S/C25H19N3O2/c1-29-19-13-10-18(11-14-19)24-16-22(20-7-3-5-9-23(20)30-24)27-28-25-15-12-17-6-2-4-8-21(17)26-25/h2-16H,1H3,(H,26,28)/b27-22-. The number of hydrogen-bond donors (Lipinski definition) is 1. The van der Waals surface area contributed by atoms with Crippen LogP contribution in [0.3, 0.4) is 0 Å². The van der Waals surface area contributed by atoms with E-state index in [-0.39, 0.29) is 0 Å². The van der Waals surface area contributed by atoms with Gasteiger partial charge in [-0.2, -0.15) is 5.10 Å². The van der Waals surface area contributed by atoms with Crippen LogP contribution in [0.5, 0.6) is 5.75 Å². The molecule has 5 rings (SSSR count). The number of ether oxygens (including phenoxy) is 1. The van der Waals surface area contributed by atoms with E-state index in [9.17, 15) is 0 Å². The zero-order valence-electron chi connectivity index (χ0n) is 16.4. The molecule has 0 saturated heterocycles. The lowest BCUT2D eigenvalue weighted by molar-refractivity contribution is 0.415. The molecule has 0 aliphatic heterocycles. The summed E-state index contributed by atoms with van der Waals surface area (Å²) in [6, 6.07) is 29.5. The third-order valence-electron chi connectivity index (χ3n) is 4.91. The van der Waals surface area contributed by atoms with Gasteiger partial charge in [0.1, 0.15) is 22.9 Å². The maximum absolute atomic E-state index is 6.13. The topological polar surface area (TPSA) is 59.6 Å². The van der Waals surface area contributed by atoms with E-state index >= 15 is 0 Å². The van der Waals surface area contributed by atoms with Crippen molar-refractivity contribution in [2.45, 2.75) is 0 Å². The molecule has 0 atom stereocenters. The number of benzene rings is 3. The van der Waals surface area contributed by atoms with Gasteiger partial charge in [-0.1, -0.05) is 30.3 Å². The molecule has 5 aromatic rings. The van der Waals surface area contributed by atoms with E-state index in [1.807, 2.05) is 91.0 Å². The van der Waals surface area contributed by atoms with E-state index in [2.05, 4.69) is 15.5 Å². The molecule has 2 heterocycles. The lowest BCUT2D eigenvalue weighted by Crippen LogP contribution is -2.08. The molecule has 2 aromatic heterocycles. The first-order valence-corrected chi connectivity index (χ1v) is 9.63. The van der Waals surface area contributed by atoms with Gasteiger partial charge in [0.15, 0.2) is 0 Å². The molecule has 5 heteroatoms. The number of rotatable bonds is 4. The average Bonchev–Trinajstić information content (AvgIpc) is 2.82. The van der Waals surface area contributed by atoms with Gasteiger partial charge in [0.05, 0.1) is 18.0 Å². The first-order chi connectivity index (χ1) is 14.8. The summed E-state index contributed by atoms with van der Waals surface area (Å²) in [5.41, 5.74) is 5.72. The lowest BCUT2D eigenvalue weighted by atomic mass is 10.1. The Kier molecular flexibility index (Phi) is 4.62. The van der Waals surface area contributed by atoms with Crippen molar-refractivity contribution in [1.29, 1.82) is 0 Å². The highest BCUT2D eigenvalue weighted by molar-refractivity contribution is 5.80. The van der Waals surface area contributed by atoms with Crippen molar-refractivity contribution in [3.05, 3.63) is 96.4 Å². The summed E-state index contributed by atoms with van der Waals surface area (Å²) < 4.78 is 11.4. The molecule has 30 heavy (non-hydrogen) atoms. The number of para-hydroxylation sites is 2. The number of hydrogen-bond acceptors (Lipinski definition) is 5. The van der Waals surface area contributed by atoms with Crippen LogP contribution in [-0.4, -0.2) is 12.1 Å². The molecule has 0 radical (unpaired) electrons. The Balaban J connectivity index is 1.59. The van der Waals surface area contributed by atoms with Crippen LogP contribution in [0.25, 0.3) is 33.2 Å². The van der Waals surface area contributed by atoms with Gasteiger partial charge in [-0.15, -0.1) is 0 Å². The third kappa shape index (κ3) is 3.49. The van der Waals surface area contributed by atoms with Crippen LogP contribution in [0.15, 0.2) is 101 Å². The van der Waals surface area contributed by atoms with E-state index in [0.717, 1.165) is 44.3 Å². The van der Waals surface area contributed by atoms with Gasteiger partial charge in [-0.3, -0.25) is 5.43 Å². The van der Waals surface area contributed by atoms with E-state index in [1.165, 1.54) is 0 Å². The fourth-order valence-corrected chi connectivity index (χ4v) is 3.35. The van der Waals surface area contributed by atoms with E-state index < -0.39 is 0 Å². The van der Waals surface area contributed by atoms with Crippen molar-refractivity contribution in [2.24, 2.45) is 5.10 Å². The molecule has 1 N–H and O–H groups in total. The second-order valence-electron chi connectivity index (χ2n) is 6.83. The molecule has 0 unspecified atom stereocenters.